The summed E-state index contributed by atoms with van der Waals surface area (Å²) in [6.07, 6.45) is 0.237. The van der Waals surface area contributed by atoms with E-state index in [0.29, 0.717) is 13.0 Å². The first-order valence-corrected chi connectivity index (χ1v) is 4.27. The zero-order chi connectivity index (χ0) is 10.1. The van der Waals surface area contributed by atoms with Gasteiger partial charge in [0, 0.05) is 6.42 Å². The van der Waals surface area contributed by atoms with Gasteiger partial charge in [0.25, 0.3) is 5.92 Å². The Bertz CT molecular complexity index is 208. The molecule has 0 aliphatic carbocycles. The van der Waals surface area contributed by atoms with Gasteiger partial charge in [-0.1, -0.05) is 0 Å². The normalized spacial score (nSPS) is 25.5. The van der Waals surface area contributed by atoms with Crippen molar-refractivity contribution in [2.24, 2.45) is 0 Å². The molecule has 13 heavy (non-hydrogen) atoms. The van der Waals surface area contributed by atoms with Crippen molar-refractivity contribution >= 4 is 5.97 Å². The van der Waals surface area contributed by atoms with Crippen molar-refractivity contribution < 1.29 is 18.7 Å². The first-order chi connectivity index (χ1) is 5.92. The smallest absolute Gasteiger partial charge is 0.320 e. The molecule has 1 heterocycles. The fraction of sp³-hybridized carbons (Fsp3) is 0.875. The van der Waals surface area contributed by atoms with Gasteiger partial charge in [-0.25, -0.2) is 8.78 Å². The van der Waals surface area contributed by atoms with Gasteiger partial charge in [-0.2, -0.15) is 0 Å². The maximum Gasteiger partial charge on any atom is 0.320 e. The lowest BCUT2D eigenvalue weighted by Gasteiger charge is -2.34. The minimum atomic E-state index is -2.72. The van der Waals surface area contributed by atoms with Gasteiger partial charge in [0.1, 0.15) is 6.04 Å². The summed E-state index contributed by atoms with van der Waals surface area (Å²) in [6, 6.07) is -0.814. The minimum Gasteiger partial charge on any atom is -0.480 e. The number of likely N-dealkylation sites (tertiary alicyclic amines) is 1. The van der Waals surface area contributed by atoms with Gasteiger partial charge in [0.2, 0.25) is 0 Å². The van der Waals surface area contributed by atoms with Gasteiger partial charge in [0.15, 0.2) is 0 Å². The van der Waals surface area contributed by atoms with E-state index in [1.54, 1.807) is 0 Å². The van der Waals surface area contributed by atoms with Crippen LogP contribution in [0.15, 0.2) is 0 Å². The molecule has 1 fully saturated rings. The van der Waals surface area contributed by atoms with E-state index < -0.39 is 24.5 Å². The molecule has 3 nitrogen and oxygen atoms in total. The number of rotatable bonds is 2. The van der Waals surface area contributed by atoms with E-state index in [4.69, 9.17) is 5.11 Å². The molecule has 0 aromatic carbocycles. The molecule has 0 saturated carbocycles. The predicted octanol–water partition coefficient (Wildman–Crippen LogP) is 1.19. The van der Waals surface area contributed by atoms with Crippen molar-refractivity contribution in [2.75, 3.05) is 13.1 Å². The zero-order valence-corrected chi connectivity index (χ0v) is 7.46. The first-order valence-electron chi connectivity index (χ1n) is 4.27. The average Bonchev–Trinajstić information content (AvgIpc) is 2.01. The molecule has 0 amide bonds. The fourth-order valence-electron chi connectivity index (χ4n) is 1.48. The first kappa shape index (κ1) is 10.4. The van der Waals surface area contributed by atoms with Gasteiger partial charge in [-0.15, -0.1) is 0 Å². The third-order valence-corrected chi connectivity index (χ3v) is 2.33. The number of carboxylic acids is 1. The molecule has 0 aromatic heterocycles. The minimum absolute atomic E-state index is 0.129. The summed E-state index contributed by atoms with van der Waals surface area (Å²) in [5.74, 6) is -3.76. The third kappa shape index (κ3) is 2.62. The molecular formula is C8H13F2NO2. The summed E-state index contributed by atoms with van der Waals surface area (Å²) in [5, 5.41) is 8.62. The second kappa shape index (κ2) is 3.57. The van der Waals surface area contributed by atoms with E-state index in [2.05, 4.69) is 0 Å². The van der Waals surface area contributed by atoms with E-state index in [9.17, 15) is 13.6 Å². The molecule has 0 unspecified atom stereocenters. The quantitative estimate of drug-likeness (QED) is 0.716. The fourth-order valence-corrected chi connectivity index (χ4v) is 1.48. The largest absolute Gasteiger partial charge is 0.480 e. The average molecular weight is 193 g/mol. The molecule has 0 spiro atoms. The Morgan fingerprint density at radius 2 is 2.23 bits per heavy atom. The van der Waals surface area contributed by atoms with Crippen LogP contribution in [0.5, 0.6) is 0 Å². The third-order valence-electron chi connectivity index (χ3n) is 2.33. The molecular weight excluding hydrogens is 180 g/mol. The zero-order valence-electron chi connectivity index (χ0n) is 7.46. The van der Waals surface area contributed by atoms with Crippen LogP contribution >= 0.6 is 0 Å². The van der Waals surface area contributed by atoms with E-state index in [1.165, 1.54) is 11.8 Å². The van der Waals surface area contributed by atoms with Crippen LogP contribution in [0.2, 0.25) is 0 Å². The number of hydrogen-bond donors (Lipinski definition) is 1. The van der Waals surface area contributed by atoms with E-state index in [-0.39, 0.29) is 6.42 Å². The van der Waals surface area contributed by atoms with Gasteiger partial charge in [-0.3, -0.25) is 9.69 Å². The highest BCUT2D eigenvalue weighted by molar-refractivity contribution is 5.72. The molecule has 1 rings (SSSR count). The van der Waals surface area contributed by atoms with E-state index in [1.807, 2.05) is 0 Å². The van der Waals surface area contributed by atoms with Gasteiger partial charge >= 0.3 is 5.97 Å². The molecule has 1 atom stereocenters. The van der Waals surface area contributed by atoms with Crippen LogP contribution in [0.4, 0.5) is 8.78 Å². The molecule has 1 aliphatic heterocycles. The Kier molecular flexibility index (Phi) is 2.85. The maximum atomic E-state index is 12.8. The lowest BCUT2D eigenvalue weighted by Crippen LogP contribution is -2.49. The molecule has 5 heteroatoms. The number of nitrogens with zero attached hydrogens (tertiary/aromatic N) is 1. The van der Waals surface area contributed by atoms with E-state index >= 15 is 0 Å². The molecule has 0 radical (unpaired) electrons. The standard InChI is InChI=1S/C8H13F2NO2/c1-6(7(12)13)11-4-2-3-8(9,10)5-11/h6H,2-5H2,1H3,(H,12,13)/t6-/m0/s1. The van der Waals surface area contributed by atoms with Gasteiger partial charge < -0.3 is 5.11 Å². The van der Waals surface area contributed by atoms with Crippen LogP contribution in [-0.4, -0.2) is 41.0 Å². The number of piperidine rings is 1. The monoisotopic (exact) mass is 193 g/mol. The van der Waals surface area contributed by atoms with Crippen molar-refractivity contribution in [2.45, 2.75) is 31.7 Å². The number of carbonyl (C=O) groups is 1. The molecule has 76 valence electrons. The van der Waals surface area contributed by atoms with Crippen molar-refractivity contribution in [3.8, 4) is 0 Å². The number of alkyl halides is 2. The summed E-state index contributed by atoms with van der Waals surface area (Å²) >= 11 is 0. The second-order valence-corrected chi connectivity index (χ2v) is 3.44. The maximum absolute atomic E-state index is 12.8. The summed E-state index contributed by atoms with van der Waals surface area (Å²) in [6.45, 7) is 1.45. The summed E-state index contributed by atoms with van der Waals surface area (Å²) < 4.78 is 25.7. The predicted molar refractivity (Wildman–Crippen MR) is 42.9 cm³/mol. The number of carboxylic acid groups (broad SMARTS) is 1. The Morgan fingerprint density at radius 3 is 2.69 bits per heavy atom. The molecule has 1 aliphatic rings. The summed E-state index contributed by atoms with van der Waals surface area (Å²) in [4.78, 5) is 11.8. The lowest BCUT2D eigenvalue weighted by molar-refractivity contribution is -0.146. The summed E-state index contributed by atoms with van der Waals surface area (Å²) in [5.41, 5.74) is 0. The lowest BCUT2D eigenvalue weighted by atomic mass is 10.1. The Labute approximate surface area is 75.3 Å². The van der Waals surface area contributed by atoms with Crippen LogP contribution in [0.25, 0.3) is 0 Å². The topological polar surface area (TPSA) is 40.5 Å². The molecule has 0 aromatic rings. The Morgan fingerprint density at radius 1 is 1.62 bits per heavy atom. The van der Waals surface area contributed by atoms with Gasteiger partial charge in [0.05, 0.1) is 6.54 Å². The van der Waals surface area contributed by atoms with Crippen molar-refractivity contribution in [1.82, 2.24) is 4.90 Å². The Balaban J connectivity index is 2.56. The Hall–Kier alpha value is -0.710. The SMILES string of the molecule is C[C@@H](C(=O)O)N1CCCC(F)(F)C1. The second-order valence-electron chi connectivity index (χ2n) is 3.44. The molecule has 1 saturated heterocycles. The van der Waals surface area contributed by atoms with Gasteiger partial charge in [-0.05, 0) is 19.9 Å². The summed E-state index contributed by atoms with van der Waals surface area (Å²) in [7, 11) is 0. The highest BCUT2D eigenvalue weighted by Crippen LogP contribution is 2.27. The van der Waals surface area contributed by atoms with Crippen LogP contribution < -0.4 is 0 Å². The van der Waals surface area contributed by atoms with Crippen LogP contribution in [0, 0.1) is 0 Å². The highest BCUT2D eigenvalue weighted by atomic mass is 19.3. The number of hydrogen-bond acceptors (Lipinski definition) is 2. The number of aliphatic carboxylic acids is 1. The number of halogens is 2. The van der Waals surface area contributed by atoms with Crippen LogP contribution in [0.1, 0.15) is 19.8 Å². The molecule has 0 bridgehead atoms. The highest BCUT2D eigenvalue weighted by Gasteiger charge is 2.38. The van der Waals surface area contributed by atoms with Crippen LogP contribution in [-0.2, 0) is 4.79 Å². The molecule has 1 N–H and O–H groups in total. The van der Waals surface area contributed by atoms with Crippen molar-refractivity contribution in [3.05, 3.63) is 0 Å². The van der Waals surface area contributed by atoms with Crippen LogP contribution in [0.3, 0.4) is 0 Å². The van der Waals surface area contributed by atoms with Crippen molar-refractivity contribution in [1.29, 1.82) is 0 Å². The van der Waals surface area contributed by atoms with E-state index in [0.717, 1.165) is 0 Å². The van der Waals surface area contributed by atoms with Crippen molar-refractivity contribution in [3.63, 3.8) is 0 Å².